The molecule has 0 bridgehead atoms. The van der Waals surface area contributed by atoms with Gasteiger partial charge >= 0.3 is 0 Å². The second-order valence-electron chi connectivity index (χ2n) is 5.47. The van der Waals surface area contributed by atoms with Crippen molar-refractivity contribution < 1.29 is 0 Å². The normalized spacial score (nSPS) is 30.0. The van der Waals surface area contributed by atoms with Crippen molar-refractivity contribution in [2.24, 2.45) is 17.1 Å². The zero-order valence-corrected chi connectivity index (χ0v) is 9.47. The van der Waals surface area contributed by atoms with Gasteiger partial charge in [0.2, 0.25) is 0 Å². The summed E-state index contributed by atoms with van der Waals surface area (Å²) in [6.07, 6.45) is 7.93. The summed E-state index contributed by atoms with van der Waals surface area (Å²) in [6, 6.07) is 0.463. The van der Waals surface area contributed by atoms with Gasteiger partial charge in [-0.3, -0.25) is 0 Å². The van der Waals surface area contributed by atoms with Gasteiger partial charge < -0.3 is 5.73 Å². The lowest BCUT2D eigenvalue weighted by Gasteiger charge is -2.38. The molecule has 1 rings (SSSR count). The summed E-state index contributed by atoms with van der Waals surface area (Å²) < 4.78 is 0. The van der Waals surface area contributed by atoms with E-state index in [-0.39, 0.29) is 0 Å². The highest BCUT2D eigenvalue weighted by Gasteiger charge is 2.30. The van der Waals surface area contributed by atoms with Crippen LogP contribution in [0.3, 0.4) is 0 Å². The standard InChI is InChI=1S/C12H25N/c1-4-6-11(13)10-7-5-8-12(2,3)9-10/h10-11H,4-9,13H2,1-3H3. The number of nitrogens with two attached hydrogens (primary N) is 1. The number of hydrogen-bond donors (Lipinski definition) is 1. The summed E-state index contributed by atoms with van der Waals surface area (Å²) >= 11 is 0. The van der Waals surface area contributed by atoms with Gasteiger partial charge in [0.15, 0.2) is 0 Å². The Hall–Kier alpha value is -0.0400. The summed E-state index contributed by atoms with van der Waals surface area (Å²) in [7, 11) is 0. The molecule has 1 heteroatoms. The van der Waals surface area contributed by atoms with Crippen molar-refractivity contribution in [3.8, 4) is 0 Å². The molecule has 2 N–H and O–H groups in total. The molecule has 0 aromatic heterocycles. The molecule has 0 amide bonds. The van der Waals surface area contributed by atoms with Crippen LogP contribution in [0.5, 0.6) is 0 Å². The highest BCUT2D eigenvalue weighted by molar-refractivity contribution is 4.84. The molecule has 1 nitrogen and oxygen atoms in total. The Labute approximate surface area is 83.1 Å². The third kappa shape index (κ3) is 3.30. The van der Waals surface area contributed by atoms with Gasteiger partial charge in [-0.1, -0.05) is 33.6 Å². The molecule has 0 radical (unpaired) electrons. The fraction of sp³-hybridized carbons (Fsp3) is 1.00. The molecule has 0 saturated heterocycles. The third-order valence-electron chi connectivity index (χ3n) is 3.47. The fourth-order valence-corrected chi connectivity index (χ4v) is 2.69. The van der Waals surface area contributed by atoms with E-state index in [0.717, 1.165) is 5.92 Å². The topological polar surface area (TPSA) is 26.0 Å². The van der Waals surface area contributed by atoms with E-state index < -0.39 is 0 Å². The molecule has 2 atom stereocenters. The average molecular weight is 183 g/mol. The zero-order valence-electron chi connectivity index (χ0n) is 9.47. The second kappa shape index (κ2) is 4.45. The first-order valence-electron chi connectivity index (χ1n) is 5.81. The van der Waals surface area contributed by atoms with Gasteiger partial charge in [0, 0.05) is 6.04 Å². The molecule has 0 spiro atoms. The summed E-state index contributed by atoms with van der Waals surface area (Å²) in [6.45, 7) is 7.00. The van der Waals surface area contributed by atoms with Gasteiger partial charge in [0.1, 0.15) is 0 Å². The molecule has 0 aromatic carbocycles. The number of hydrogen-bond acceptors (Lipinski definition) is 1. The molecule has 1 fully saturated rings. The monoisotopic (exact) mass is 183 g/mol. The first-order chi connectivity index (χ1) is 6.05. The first-order valence-corrected chi connectivity index (χ1v) is 5.81. The van der Waals surface area contributed by atoms with Gasteiger partial charge in [-0.25, -0.2) is 0 Å². The molecular formula is C12H25N. The lowest BCUT2D eigenvalue weighted by atomic mass is 9.69. The van der Waals surface area contributed by atoms with Crippen LogP contribution < -0.4 is 5.73 Å². The second-order valence-corrected chi connectivity index (χ2v) is 5.47. The van der Waals surface area contributed by atoms with Crippen molar-refractivity contribution in [1.29, 1.82) is 0 Å². The summed E-state index contributed by atoms with van der Waals surface area (Å²) in [4.78, 5) is 0. The highest BCUT2D eigenvalue weighted by atomic mass is 14.7. The molecular weight excluding hydrogens is 158 g/mol. The van der Waals surface area contributed by atoms with E-state index in [9.17, 15) is 0 Å². The van der Waals surface area contributed by atoms with E-state index in [1.54, 1.807) is 0 Å². The van der Waals surface area contributed by atoms with E-state index in [1.807, 2.05) is 0 Å². The maximum Gasteiger partial charge on any atom is 0.00672 e. The maximum absolute atomic E-state index is 6.18. The maximum atomic E-state index is 6.18. The van der Waals surface area contributed by atoms with Crippen LogP contribution in [0.15, 0.2) is 0 Å². The van der Waals surface area contributed by atoms with Crippen LogP contribution in [0.1, 0.15) is 59.3 Å². The fourth-order valence-electron chi connectivity index (χ4n) is 2.69. The van der Waals surface area contributed by atoms with Crippen LogP contribution in [-0.4, -0.2) is 6.04 Å². The zero-order chi connectivity index (χ0) is 9.90. The van der Waals surface area contributed by atoms with Gasteiger partial charge in [-0.05, 0) is 37.0 Å². The van der Waals surface area contributed by atoms with Gasteiger partial charge in [0.25, 0.3) is 0 Å². The van der Waals surface area contributed by atoms with E-state index in [4.69, 9.17) is 5.73 Å². The molecule has 2 unspecified atom stereocenters. The SMILES string of the molecule is CCCC(N)C1CCCC(C)(C)C1. The minimum atomic E-state index is 0.463. The van der Waals surface area contributed by atoms with Crippen molar-refractivity contribution in [3.05, 3.63) is 0 Å². The Bertz CT molecular complexity index is 151. The van der Waals surface area contributed by atoms with Crippen molar-refractivity contribution >= 4 is 0 Å². The minimum Gasteiger partial charge on any atom is -0.327 e. The molecule has 1 aliphatic carbocycles. The Morgan fingerprint density at radius 2 is 2.15 bits per heavy atom. The predicted octanol–water partition coefficient (Wildman–Crippen LogP) is 3.33. The quantitative estimate of drug-likeness (QED) is 0.713. The van der Waals surface area contributed by atoms with Gasteiger partial charge in [-0.2, -0.15) is 0 Å². The van der Waals surface area contributed by atoms with Gasteiger partial charge in [0.05, 0.1) is 0 Å². The van der Waals surface area contributed by atoms with Crippen molar-refractivity contribution in [2.45, 2.75) is 65.3 Å². The van der Waals surface area contributed by atoms with Crippen molar-refractivity contribution in [2.75, 3.05) is 0 Å². The largest absolute Gasteiger partial charge is 0.327 e. The van der Waals surface area contributed by atoms with E-state index >= 15 is 0 Å². The first kappa shape index (κ1) is 11.0. The lowest BCUT2D eigenvalue weighted by Crippen LogP contribution is -2.36. The molecule has 13 heavy (non-hydrogen) atoms. The Morgan fingerprint density at radius 3 is 2.69 bits per heavy atom. The summed E-state index contributed by atoms with van der Waals surface area (Å²) in [5, 5.41) is 0. The molecule has 78 valence electrons. The molecule has 1 saturated carbocycles. The van der Waals surface area contributed by atoms with Crippen LogP contribution in [0.2, 0.25) is 0 Å². The average Bonchev–Trinajstić information content (AvgIpc) is 2.03. The van der Waals surface area contributed by atoms with E-state index in [2.05, 4.69) is 20.8 Å². The smallest absolute Gasteiger partial charge is 0.00672 e. The van der Waals surface area contributed by atoms with Crippen LogP contribution in [0.25, 0.3) is 0 Å². The van der Waals surface area contributed by atoms with Crippen LogP contribution in [0, 0.1) is 11.3 Å². The molecule has 1 aliphatic rings. The van der Waals surface area contributed by atoms with E-state index in [1.165, 1.54) is 38.5 Å². The summed E-state index contributed by atoms with van der Waals surface area (Å²) in [5.74, 6) is 0.795. The van der Waals surface area contributed by atoms with Crippen LogP contribution in [-0.2, 0) is 0 Å². The predicted molar refractivity (Wildman–Crippen MR) is 58.6 cm³/mol. The summed E-state index contributed by atoms with van der Waals surface area (Å²) in [5.41, 5.74) is 6.73. The molecule has 0 heterocycles. The Morgan fingerprint density at radius 1 is 1.46 bits per heavy atom. The Balaban J connectivity index is 2.42. The van der Waals surface area contributed by atoms with E-state index in [0.29, 0.717) is 11.5 Å². The van der Waals surface area contributed by atoms with Gasteiger partial charge in [-0.15, -0.1) is 0 Å². The van der Waals surface area contributed by atoms with Crippen molar-refractivity contribution in [1.82, 2.24) is 0 Å². The van der Waals surface area contributed by atoms with Crippen molar-refractivity contribution in [3.63, 3.8) is 0 Å². The molecule has 0 aromatic rings. The highest BCUT2D eigenvalue weighted by Crippen LogP contribution is 2.39. The third-order valence-corrected chi connectivity index (χ3v) is 3.47. The Kier molecular flexibility index (Phi) is 3.78. The lowest BCUT2D eigenvalue weighted by molar-refractivity contribution is 0.157. The minimum absolute atomic E-state index is 0.463. The van der Waals surface area contributed by atoms with Crippen LogP contribution >= 0.6 is 0 Å². The van der Waals surface area contributed by atoms with Crippen LogP contribution in [0.4, 0.5) is 0 Å². The molecule has 0 aliphatic heterocycles. The number of rotatable bonds is 3.